The molecule has 0 bridgehead atoms. The average molecular weight is 159 g/mol. The third-order valence-electron chi connectivity index (χ3n) is 1.08. The van der Waals surface area contributed by atoms with Crippen LogP contribution >= 0.6 is 0 Å². The first-order valence-corrected chi connectivity index (χ1v) is 3.23. The van der Waals surface area contributed by atoms with Crippen LogP contribution in [0.5, 0.6) is 0 Å². The van der Waals surface area contributed by atoms with Gasteiger partial charge in [-0.1, -0.05) is 6.92 Å². The van der Waals surface area contributed by atoms with Crippen LogP contribution in [-0.4, -0.2) is 24.6 Å². The van der Waals surface area contributed by atoms with Crippen molar-refractivity contribution in [2.75, 3.05) is 6.61 Å². The van der Waals surface area contributed by atoms with Crippen molar-refractivity contribution >= 4 is 18.0 Å². The van der Waals surface area contributed by atoms with E-state index in [1.165, 1.54) is 0 Å². The summed E-state index contributed by atoms with van der Waals surface area (Å²) in [4.78, 5) is 31.3. The fourth-order valence-corrected chi connectivity index (χ4v) is 0.506. The van der Waals surface area contributed by atoms with E-state index in [9.17, 15) is 14.4 Å². The number of rotatable bonds is 5. The molecule has 0 heterocycles. The number of hydrogen-bond acceptors (Lipinski definition) is 4. The Morgan fingerprint density at radius 2 is 2.18 bits per heavy atom. The molecule has 0 radical (unpaired) electrons. The minimum atomic E-state index is -1.26. The maximum Gasteiger partial charge on any atom is 0.293 e. The second-order valence-electron chi connectivity index (χ2n) is 1.98. The SMILES string of the molecule is [2H]C(=O)OCC(=O)CC(=O)CC. The zero-order chi connectivity index (χ0) is 9.56. The lowest BCUT2D eigenvalue weighted by molar-refractivity contribution is -0.138. The molecule has 0 spiro atoms. The van der Waals surface area contributed by atoms with Crippen molar-refractivity contribution in [3.8, 4) is 0 Å². The highest BCUT2D eigenvalue weighted by Crippen LogP contribution is 1.90. The molecular formula is C7H10O4. The summed E-state index contributed by atoms with van der Waals surface area (Å²) >= 11 is 0. The Hall–Kier alpha value is -1.19. The highest BCUT2D eigenvalue weighted by Gasteiger charge is 2.06. The van der Waals surface area contributed by atoms with E-state index < -0.39 is 18.8 Å². The van der Waals surface area contributed by atoms with Crippen LogP contribution in [0.4, 0.5) is 0 Å². The Bertz CT molecular complexity index is 200. The predicted molar refractivity (Wildman–Crippen MR) is 36.9 cm³/mol. The molecule has 0 rings (SSSR count). The summed E-state index contributed by atoms with van der Waals surface area (Å²) < 4.78 is 10.4. The lowest BCUT2D eigenvalue weighted by Crippen LogP contribution is -2.12. The molecule has 4 heteroatoms. The van der Waals surface area contributed by atoms with Crippen molar-refractivity contribution in [2.45, 2.75) is 19.8 Å². The van der Waals surface area contributed by atoms with E-state index in [-0.39, 0.29) is 12.2 Å². The monoisotopic (exact) mass is 159 g/mol. The second-order valence-corrected chi connectivity index (χ2v) is 1.98. The molecule has 0 aliphatic carbocycles. The van der Waals surface area contributed by atoms with Crippen LogP contribution < -0.4 is 0 Å². The predicted octanol–water partition coefficient (Wildman–Crippen LogP) is 0.0977. The molecule has 0 aliphatic heterocycles. The normalized spacial score (nSPS) is 10.1. The maximum atomic E-state index is 10.7. The summed E-state index contributed by atoms with van der Waals surface area (Å²) in [6.45, 7) is 1.17. The van der Waals surface area contributed by atoms with E-state index in [0.717, 1.165) is 0 Å². The highest BCUT2D eigenvalue weighted by atomic mass is 16.5. The van der Waals surface area contributed by atoms with Gasteiger partial charge in [0.05, 0.1) is 6.42 Å². The molecule has 0 saturated heterocycles. The summed E-state index contributed by atoms with van der Waals surface area (Å²) in [6.07, 6.45) is -1.18. The summed E-state index contributed by atoms with van der Waals surface area (Å²) in [7, 11) is 0. The van der Waals surface area contributed by atoms with Crippen molar-refractivity contribution in [2.24, 2.45) is 0 Å². The van der Waals surface area contributed by atoms with Crippen LogP contribution in [0, 0.1) is 0 Å². The van der Waals surface area contributed by atoms with Gasteiger partial charge in [-0.15, -0.1) is 0 Å². The molecule has 4 nitrogen and oxygen atoms in total. The van der Waals surface area contributed by atoms with Crippen LogP contribution in [0.25, 0.3) is 0 Å². The summed E-state index contributed by atoms with van der Waals surface area (Å²) in [6, 6.07) is 0. The number of ketones is 2. The molecule has 0 atom stereocenters. The maximum absolute atomic E-state index is 10.7. The lowest BCUT2D eigenvalue weighted by Gasteiger charge is -1.95. The number of ether oxygens (including phenoxy) is 1. The number of carbonyl (C=O) groups is 3. The lowest BCUT2D eigenvalue weighted by atomic mass is 10.2. The minimum absolute atomic E-state index is 0.193. The van der Waals surface area contributed by atoms with Gasteiger partial charge < -0.3 is 4.74 Å². The Morgan fingerprint density at radius 1 is 1.55 bits per heavy atom. The first kappa shape index (κ1) is 7.91. The van der Waals surface area contributed by atoms with Gasteiger partial charge in [-0.2, -0.15) is 0 Å². The van der Waals surface area contributed by atoms with E-state index in [0.29, 0.717) is 6.42 Å². The molecule has 0 aliphatic rings. The molecular weight excluding hydrogens is 148 g/mol. The largest absolute Gasteiger partial charge is 0.460 e. The first-order chi connectivity index (χ1) is 5.56. The fourth-order valence-electron chi connectivity index (χ4n) is 0.506. The van der Waals surface area contributed by atoms with Gasteiger partial charge in [-0.25, -0.2) is 0 Å². The van der Waals surface area contributed by atoms with E-state index >= 15 is 0 Å². The van der Waals surface area contributed by atoms with Gasteiger partial charge in [0.25, 0.3) is 6.45 Å². The fraction of sp³-hybridized carbons (Fsp3) is 0.571. The van der Waals surface area contributed by atoms with Crippen molar-refractivity contribution in [3.05, 3.63) is 0 Å². The summed E-state index contributed by atoms with van der Waals surface area (Å²) in [5, 5.41) is 0. The topological polar surface area (TPSA) is 60.4 Å². The van der Waals surface area contributed by atoms with E-state index in [1.54, 1.807) is 6.92 Å². The molecule has 0 aromatic heterocycles. The number of Topliss-reactive ketones (excluding diaryl/α,β-unsaturated/α-hetero) is 2. The van der Waals surface area contributed by atoms with Gasteiger partial charge in [0.1, 0.15) is 12.4 Å². The van der Waals surface area contributed by atoms with Crippen molar-refractivity contribution in [1.29, 1.82) is 0 Å². The quantitative estimate of drug-likeness (QED) is 0.421. The molecule has 0 aromatic carbocycles. The highest BCUT2D eigenvalue weighted by molar-refractivity contribution is 5.99. The van der Waals surface area contributed by atoms with Crippen LogP contribution in [0.15, 0.2) is 0 Å². The minimum Gasteiger partial charge on any atom is -0.460 e. The number of hydrogen-bond donors (Lipinski definition) is 0. The van der Waals surface area contributed by atoms with Gasteiger partial charge in [0.2, 0.25) is 0 Å². The van der Waals surface area contributed by atoms with Crippen LogP contribution in [0.3, 0.4) is 0 Å². The smallest absolute Gasteiger partial charge is 0.293 e. The van der Waals surface area contributed by atoms with Crippen molar-refractivity contribution in [1.82, 2.24) is 0 Å². The Balaban J connectivity index is 3.60. The zero-order valence-corrected chi connectivity index (χ0v) is 6.25. The van der Waals surface area contributed by atoms with Gasteiger partial charge >= 0.3 is 0 Å². The molecule has 0 unspecified atom stereocenters. The standard InChI is InChI=1S/C7H10O4/c1-2-6(9)3-7(10)4-11-5-8/h5H,2-4H2,1H3/i5D. The van der Waals surface area contributed by atoms with Gasteiger partial charge in [0, 0.05) is 6.42 Å². The Morgan fingerprint density at radius 3 is 2.64 bits per heavy atom. The Labute approximate surface area is 65.9 Å². The average Bonchev–Trinajstić information content (AvgIpc) is 2.00. The third-order valence-corrected chi connectivity index (χ3v) is 1.08. The summed E-state index contributed by atoms with van der Waals surface area (Å²) in [5.74, 6) is -0.663. The molecule has 11 heavy (non-hydrogen) atoms. The van der Waals surface area contributed by atoms with E-state index in [2.05, 4.69) is 4.74 Å². The molecule has 0 amide bonds. The molecule has 0 aromatic rings. The zero-order valence-electron chi connectivity index (χ0n) is 7.25. The van der Waals surface area contributed by atoms with Crippen LogP contribution in [0.1, 0.15) is 21.1 Å². The molecule has 0 N–H and O–H groups in total. The second kappa shape index (κ2) is 5.58. The molecule has 62 valence electrons. The summed E-state index contributed by atoms with van der Waals surface area (Å²) in [5.41, 5.74) is 0. The Kier molecular flexibility index (Phi) is 4.02. The third kappa shape index (κ3) is 5.26. The first-order valence-electron chi connectivity index (χ1n) is 3.73. The number of carbonyl (C=O) groups excluding carboxylic acids is 3. The molecule has 0 saturated carbocycles. The van der Waals surface area contributed by atoms with Crippen LogP contribution in [-0.2, 0) is 19.1 Å². The van der Waals surface area contributed by atoms with Gasteiger partial charge in [-0.05, 0) is 0 Å². The van der Waals surface area contributed by atoms with E-state index in [1.807, 2.05) is 0 Å². The van der Waals surface area contributed by atoms with Gasteiger partial charge in [-0.3, -0.25) is 14.4 Å². The van der Waals surface area contributed by atoms with Crippen LogP contribution in [0.2, 0.25) is 0 Å². The van der Waals surface area contributed by atoms with Crippen molar-refractivity contribution in [3.63, 3.8) is 0 Å². The van der Waals surface area contributed by atoms with E-state index in [4.69, 9.17) is 1.37 Å². The molecule has 0 fully saturated rings. The van der Waals surface area contributed by atoms with Crippen molar-refractivity contribution < 1.29 is 20.5 Å². The van der Waals surface area contributed by atoms with Gasteiger partial charge in [0.15, 0.2) is 7.15 Å².